The van der Waals surface area contributed by atoms with Crippen molar-refractivity contribution >= 4 is 17.5 Å². The molecule has 2 rings (SSSR count). The zero-order chi connectivity index (χ0) is 14.5. The third-order valence-corrected chi connectivity index (χ3v) is 3.29. The Kier molecular flexibility index (Phi) is 4.35. The molecule has 0 bridgehead atoms. The molecule has 4 heteroatoms. The van der Waals surface area contributed by atoms with Crippen LogP contribution in [0.2, 0.25) is 0 Å². The summed E-state index contributed by atoms with van der Waals surface area (Å²) in [4.78, 5) is 23.6. The summed E-state index contributed by atoms with van der Waals surface area (Å²) in [6.45, 7) is 0. The number of allylic oxidation sites excluding steroid dienone is 2. The highest BCUT2D eigenvalue weighted by Gasteiger charge is 2.26. The van der Waals surface area contributed by atoms with Crippen molar-refractivity contribution in [1.82, 2.24) is 0 Å². The Hall–Kier alpha value is -2.36. The third-order valence-electron chi connectivity index (χ3n) is 3.29. The molecule has 1 aliphatic carbocycles. The average Bonchev–Trinajstić information content (AvgIpc) is 2.53. The molecule has 0 amide bonds. The second kappa shape index (κ2) is 6.19. The van der Waals surface area contributed by atoms with E-state index in [9.17, 15) is 9.59 Å². The van der Waals surface area contributed by atoms with Gasteiger partial charge in [0.1, 0.15) is 0 Å². The SMILES string of the molecule is COC(=O)C1=C(C(=O)OC)CC(c2ccccc2)=CC1. The normalized spacial score (nSPS) is 14.6. The van der Waals surface area contributed by atoms with E-state index in [0.717, 1.165) is 11.1 Å². The highest BCUT2D eigenvalue weighted by molar-refractivity contribution is 6.03. The molecule has 0 aliphatic heterocycles. The van der Waals surface area contributed by atoms with E-state index in [1.165, 1.54) is 14.2 Å². The number of methoxy groups -OCH3 is 2. The number of carbonyl (C=O) groups excluding carboxylic acids is 2. The quantitative estimate of drug-likeness (QED) is 0.793. The molecule has 0 N–H and O–H groups in total. The number of rotatable bonds is 3. The van der Waals surface area contributed by atoms with Crippen LogP contribution in [-0.2, 0) is 19.1 Å². The highest BCUT2D eigenvalue weighted by atomic mass is 16.5. The molecule has 1 aromatic carbocycles. The van der Waals surface area contributed by atoms with Crippen LogP contribution < -0.4 is 0 Å². The molecule has 0 atom stereocenters. The van der Waals surface area contributed by atoms with Gasteiger partial charge < -0.3 is 9.47 Å². The van der Waals surface area contributed by atoms with Crippen LogP contribution in [0.25, 0.3) is 5.57 Å². The van der Waals surface area contributed by atoms with Gasteiger partial charge in [0.15, 0.2) is 0 Å². The summed E-state index contributed by atoms with van der Waals surface area (Å²) < 4.78 is 9.49. The minimum atomic E-state index is -0.480. The van der Waals surface area contributed by atoms with Crippen molar-refractivity contribution in [2.45, 2.75) is 12.8 Å². The maximum atomic E-state index is 11.9. The highest BCUT2D eigenvalue weighted by Crippen LogP contribution is 2.32. The molecule has 0 saturated heterocycles. The molecule has 104 valence electrons. The van der Waals surface area contributed by atoms with E-state index in [0.29, 0.717) is 24.0 Å². The van der Waals surface area contributed by atoms with Crippen LogP contribution in [0.1, 0.15) is 18.4 Å². The Labute approximate surface area is 117 Å². The molecule has 4 nitrogen and oxygen atoms in total. The maximum absolute atomic E-state index is 11.9. The first kappa shape index (κ1) is 14.1. The lowest BCUT2D eigenvalue weighted by molar-refractivity contribution is -0.139. The summed E-state index contributed by atoms with van der Waals surface area (Å²) in [7, 11) is 2.62. The number of hydrogen-bond donors (Lipinski definition) is 0. The molecule has 0 fully saturated rings. The van der Waals surface area contributed by atoms with Gasteiger partial charge in [0.05, 0.1) is 25.4 Å². The lowest BCUT2D eigenvalue weighted by Gasteiger charge is -2.18. The fourth-order valence-corrected chi connectivity index (χ4v) is 2.24. The molecule has 1 aromatic rings. The van der Waals surface area contributed by atoms with Crippen molar-refractivity contribution in [1.29, 1.82) is 0 Å². The van der Waals surface area contributed by atoms with Gasteiger partial charge in [-0.15, -0.1) is 0 Å². The van der Waals surface area contributed by atoms with E-state index < -0.39 is 11.9 Å². The van der Waals surface area contributed by atoms with Crippen LogP contribution >= 0.6 is 0 Å². The monoisotopic (exact) mass is 272 g/mol. The van der Waals surface area contributed by atoms with Crippen molar-refractivity contribution in [3.63, 3.8) is 0 Å². The van der Waals surface area contributed by atoms with Crippen molar-refractivity contribution < 1.29 is 19.1 Å². The number of benzene rings is 1. The molecule has 20 heavy (non-hydrogen) atoms. The van der Waals surface area contributed by atoms with Gasteiger partial charge in [-0.3, -0.25) is 0 Å². The Bertz CT molecular complexity index is 582. The van der Waals surface area contributed by atoms with Crippen LogP contribution in [0.15, 0.2) is 47.6 Å². The molecule has 0 spiro atoms. The van der Waals surface area contributed by atoms with E-state index in [1.807, 2.05) is 36.4 Å². The summed E-state index contributed by atoms with van der Waals surface area (Å²) >= 11 is 0. The van der Waals surface area contributed by atoms with Gasteiger partial charge in [-0.05, 0) is 17.6 Å². The lowest BCUT2D eigenvalue weighted by Crippen LogP contribution is -2.17. The van der Waals surface area contributed by atoms with Crippen LogP contribution in [0, 0.1) is 0 Å². The molecular weight excluding hydrogens is 256 g/mol. The molecule has 1 aliphatic rings. The minimum absolute atomic E-state index is 0.374. The molecule has 0 unspecified atom stereocenters. The van der Waals surface area contributed by atoms with E-state index >= 15 is 0 Å². The Balaban J connectivity index is 2.33. The maximum Gasteiger partial charge on any atom is 0.334 e. The van der Waals surface area contributed by atoms with E-state index in [-0.39, 0.29) is 0 Å². The summed E-state index contributed by atoms with van der Waals surface area (Å²) in [5.74, 6) is -0.958. The zero-order valence-corrected chi connectivity index (χ0v) is 11.5. The van der Waals surface area contributed by atoms with Crippen LogP contribution in [0.3, 0.4) is 0 Å². The van der Waals surface area contributed by atoms with Gasteiger partial charge in [-0.25, -0.2) is 9.59 Å². The summed E-state index contributed by atoms with van der Waals surface area (Å²) in [6.07, 6.45) is 2.70. The Morgan fingerprint density at radius 3 is 2.15 bits per heavy atom. The average molecular weight is 272 g/mol. The largest absolute Gasteiger partial charge is 0.466 e. The van der Waals surface area contributed by atoms with Gasteiger partial charge in [0.2, 0.25) is 0 Å². The second-order valence-electron chi connectivity index (χ2n) is 4.42. The van der Waals surface area contributed by atoms with Crippen LogP contribution in [-0.4, -0.2) is 26.2 Å². The lowest BCUT2D eigenvalue weighted by atomic mass is 9.88. The Morgan fingerprint density at radius 2 is 1.55 bits per heavy atom. The van der Waals surface area contributed by atoms with Gasteiger partial charge in [-0.1, -0.05) is 36.4 Å². The summed E-state index contributed by atoms with van der Waals surface area (Å²) in [6, 6.07) is 9.76. The van der Waals surface area contributed by atoms with Crippen LogP contribution in [0.4, 0.5) is 0 Å². The summed E-state index contributed by atoms with van der Waals surface area (Å²) in [5, 5.41) is 0. The molecule has 0 heterocycles. The molecular formula is C16H16O4. The van der Waals surface area contributed by atoms with Gasteiger partial charge in [0.25, 0.3) is 0 Å². The molecule has 0 aromatic heterocycles. The summed E-state index contributed by atoms with van der Waals surface area (Å²) in [5.41, 5.74) is 2.80. The van der Waals surface area contributed by atoms with Crippen molar-refractivity contribution in [2.24, 2.45) is 0 Å². The first-order valence-electron chi connectivity index (χ1n) is 6.30. The Morgan fingerprint density at radius 1 is 0.950 bits per heavy atom. The van der Waals surface area contributed by atoms with E-state index in [4.69, 9.17) is 9.47 Å². The number of ether oxygens (including phenoxy) is 2. The van der Waals surface area contributed by atoms with Gasteiger partial charge >= 0.3 is 11.9 Å². The minimum Gasteiger partial charge on any atom is -0.466 e. The predicted molar refractivity (Wildman–Crippen MR) is 74.7 cm³/mol. The van der Waals surface area contributed by atoms with Gasteiger partial charge in [-0.2, -0.15) is 0 Å². The van der Waals surface area contributed by atoms with Crippen molar-refractivity contribution in [3.05, 3.63) is 53.1 Å². The number of esters is 2. The number of hydrogen-bond acceptors (Lipinski definition) is 4. The van der Waals surface area contributed by atoms with E-state index in [1.54, 1.807) is 0 Å². The smallest absolute Gasteiger partial charge is 0.334 e. The zero-order valence-electron chi connectivity index (χ0n) is 11.5. The van der Waals surface area contributed by atoms with E-state index in [2.05, 4.69) is 0 Å². The standard InChI is InChI=1S/C16H16O4/c1-19-15(17)13-9-8-12(10-14(13)16(18)20-2)11-6-4-3-5-7-11/h3-8H,9-10H2,1-2H3. The van der Waals surface area contributed by atoms with Gasteiger partial charge in [0, 0.05) is 6.42 Å². The fraction of sp³-hybridized carbons (Fsp3) is 0.250. The third kappa shape index (κ3) is 2.79. The number of carbonyl (C=O) groups is 2. The topological polar surface area (TPSA) is 52.6 Å². The predicted octanol–water partition coefficient (Wildman–Crippen LogP) is 2.51. The van der Waals surface area contributed by atoms with Crippen molar-refractivity contribution in [3.8, 4) is 0 Å². The first-order chi connectivity index (χ1) is 9.67. The fourth-order valence-electron chi connectivity index (χ4n) is 2.24. The second-order valence-corrected chi connectivity index (χ2v) is 4.42. The molecule has 0 saturated carbocycles. The first-order valence-corrected chi connectivity index (χ1v) is 6.30. The van der Waals surface area contributed by atoms with Crippen LogP contribution in [0.5, 0.6) is 0 Å². The van der Waals surface area contributed by atoms with Crippen molar-refractivity contribution in [2.75, 3.05) is 14.2 Å². The molecule has 0 radical (unpaired) electrons.